The number of aromatic nitrogens is 1. The Balaban J connectivity index is 1.99. The van der Waals surface area contributed by atoms with Crippen LogP contribution >= 0.6 is 0 Å². The monoisotopic (exact) mass is 342 g/mol. The number of hydrogen-bond acceptors (Lipinski definition) is 4. The van der Waals surface area contributed by atoms with Crippen molar-refractivity contribution in [3.63, 3.8) is 0 Å². The number of amides is 1. The van der Waals surface area contributed by atoms with Gasteiger partial charge in [-0.15, -0.1) is 0 Å². The highest BCUT2D eigenvalue weighted by Crippen LogP contribution is 2.16. The number of nitrogens with zero attached hydrogens (tertiary/aromatic N) is 2. The Morgan fingerprint density at radius 3 is 2.32 bits per heavy atom. The van der Waals surface area contributed by atoms with Crippen molar-refractivity contribution in [2.24, 2.45) is 0 Å². The highest BCUT2D eigenvalue weighted by molar-refractivity contribution is 5.94. The van der Waals surface area contributed by atoms with E-state index in [2.05, 4.69) is 4.98 Å². The van der Waals surface area contributed by atoms with Gasteiger partial charge in [0.05, 0.1) is 6.42 Å². The van der Waals surface area contributed by atoms with Gasteiger partial charge in [0.1, 0.15) is 12.4 Å². The molecule has 0 aliphatic carbocycles. The second kappa shape index (κ2) is 8.82. The molecule has 0 aliphatic rings. The van der Waals surface area contributed by atoms with Crippen LogP contribution in [0, 0.1) is 0 Å². The summed E-state index contributed by atoms with van der Waals surface area (Å²) in [4.78, 5) is 28.8. The number of carboxylic acid groups (broad SMARTS) is 1. The first-order valence-electron chi connectivity index (χ1n) is 8.12. The number of pyridine rings is 1. The van der Waals surface area contributed by atoms with Gasteiger partial charge in [0, 0.05) is 30.5 Å². The van der Waals surface area contributed by atoms with E-state index in [-0.39, 0.29) is 24.9 Å². The minimum absolute atomic E-state index is 0.0724. The Hall–Kier alpha value is -2.89. The van der Waals surface area contributed by atoms with Gasteiger partial charge in [0.2, 0.25) is 0 Å². The molecule has 6 nitrogen and oxygen atoms in total. The maximum absolute atomic E-state index is 12.6. The van der Waals surface area contributed by atoms with Crippen LogP contribution in [0.15, 0.2) is 48.8 Å². The fraction of sp³-hybridized carbons (Fsp3) is 0.316. The van der Waals surface area contributed by atoms with Crippen molar-refractivity contribution in [1.29, 1.82) is 0 Å². The third kappa shape index (κ3) is 5.60. The molecule has 1 aromatic carbocycles. The van der Waals surface area contributed by atoms with E-state index in [9.17, 15) is 9.59 Å². The summed E-state index contributed by atoms with van der Waals surface area (Å²) >= 11 is 0. The Morgan fingerprint density at radius 1 is 1.12 bits per heavy atom. The molecule has 0 fully saturated rings. The first-order valence-corrected chi connectivity index (χ1v) is 8.12. The molecule has 2 rings (SSSR count). The summed E-state index contributed by atoms with van der Waals surface area (Å²) in [6, 6.07) is 10.5. The van der Waals surface area contributed by atoms with Gasteiger partial charge in [-0.25, -0.2) is 0 Å². The van der Waals surface area contributed by atoms with Crippen molar-refractivity contribution in [3.8, 4) is 5.75 Å². The summed E-state index contributed by atoms with van der Waals surface area (Å²) in [6.07, 6.45) is 3.34. The van der Waals surface area contributed by atoms with Crippen LogP contribution in [-0.4, -0.2) is 39.5 Å². The first kappa shape index (κ1) is 18.4. The topological polar surface area (TPSA) is 79.7 Å². The Bertz CT molecular complexity index is 699. The molecule has 0 atom stereocenters. The van der Waals surface area contributed by atoms with E-state index >= 15 is 0 Å². The van der Waals surface area contributed by atoms with Crippen LogP contribution in [0.5, 0.6) is 5.75 Å². The van der Waals surface area contributed by atoms with Gasteiger partial charge in [-0.2, -0.15) is 0 Å². The first-order chi connectivity index (χ1) is 12.0. The molecule has 0 spiro atoms. The number of ether oxygens (including phenoxy) is 1. The molecule has 132 valence electrons. The largest absolute Gasteiger partial charge is 0.489 e. The van der Waals surface area contributed by atoms with Gasteiger partial charge in [-0.3, -0.25) is 14.6 Å². The molecule has 1 heterocycles. The second-order valence-corrected chi connectivity index (χ2v) is 5.90. The Morgan fingerprint density at radius 2 is 1.76 bits per heavy atom. The van der Waals surface area contributed by atoms with Crippen molar-refractivity contribution in [1.82, 2.24) is 9.88 Å². The fourth-order valence-electron chi connectivity index (χ4n) is 2.32. The molecule has 0 bridgehead atoms. The maximum Gasteiger partial charge on any atom is 0.305 e. The van der Waals surface area contributed by atoms with Crippen molar-refractivity contribution in [2.45, 2.75) is 32.9 Å². The van der Waals surface area contributed by atoms with Crippen LogP contribution in [0.4, 0.5) is 0 Å². The van der Waals surface area contributed by atoms with Gasteiger partial charge in [0.15, 0.2) is 0 Å². The van der Waals surface area contributed by atoms with Crippen molar-refractivity contribution in [2.75, 3.05) is 6.54 Å². The Kier molecular flexibility index (Phi) is 6.51. The molecule has 0 aliphatic heterocycles. The molecule has 0 unspecified atom stereocenters. The minimum Gasteiger partial charge on any atom is -0.489 e. The zero-order valence-electron chi connectivity index (χ0n) is 14.4. The van der Waals surface area contributed by atoms with Gasteiger partial charge >= 0.3 is 5.97 Å². The second-order valence-electron chi connectivity index (χ2n) is 5.90. The lowest BCUT2D eigenvalue weighted by atomic mass is 10.1. The third-order valence-electron chi connectivity index (χ3n) is 3.71. The minimum atomic E-state index is -0.918. The molecular formula is C19H22N2O4. The number of carboxylic acids is 1. The molecule has 0 saturated heterocycles. The van der Waals surface area contributed by atoms with E-state index < -0.39 is 5.97 Å². The normalized spacial score (nSPS) is 10.5. The van der Waals surface area contributed by atoms with Crippen molar-refractivity contribution in [3.05, 3.63) is 59.9 Å². The number of carbonyl (C=O) groups is 2. The number of aliphatic carboxylic acids is 1. The fourth-order valence-corrected chi connectivity index (χ4v) is 2.32. The van der Waals surface area contributed by atoms with Crippen molar-refractivity contribution < 1.29 is 19.4 Å². The number of carbonyl (C=O) groups excluding carboxylic acids is 1. The highest BCUT2D eigenvalue weighted by Gasteiger charge is 2.19. The SMILES string of the molecule is CC(C)N(CCC(=O)O)C(=O)c1ccc(OCc2ccncc2)cc1. The predicted octanol–water partition coefficient (Wildman–Crippen LogP) is 2.99. The lowest BCUT2D eigenvalue weighted by Crippen LogP contribution is -2.38. The van der Waals surface area contributed by atoms with Crippen LogP contribution < -0.4 is 4.74 Å². The molecule has 0 saturated carbocycles. The van der Waals surface area contributed by atoms with E-state index in [0.717, 1.165) is 5.56 Å². The standard InChI is InChI=1S/C19H22N2O4/c1-14(2)21(12-9-18(22)23)19(24)16-3-5-17(6-4-16)25-13-15-7-10-20-11-8-15/h3-8,10-11,14H,9,12-13H2,1-2H3,(H,22,23). The molecule has 25 heavy (non-hydrogen) atoms. The van der Waals surface area contributed by atoms with Crippen molar-refractivity contribution >= 4 is 11.9 Å². The van der Waals surface area contributed by atoms with E-state index in [0.29, 0.717) is 17.9 Å². The summed E-state index contributed by atoms with van der Waals surface area (Å²) < 4.78 is 5.68. The van der Waals surface area contributed by atoms with E-state index in [1.165, 1.54) is 0 Å². The highest BCUT2D eigenvalue weighted by atomic mass is 16.5. The summed E-state index contributed by atoms with van der Waals surface area (Å²) in [5, 5.41) is 8.83. The quantitative estimate of drug-likeness (QED) is 0.798. The van der Waals surface area contributed by atoms with Gasteiger partial charge in [-0.05, 0) is 55.8 Å². The lowest BCUT2D eigenvalue weighted by molar-refractivity contribution is -0.137. The Labute approximate surface area is 147 Å². The molecule has 1 amide bonds. The summed E-state index contributed by atoms with van der Waals surface area (Å²) in [5.74, 6) is -0.440. The van der Waals surface area contributed by atoms with Gasteiger partial charge in [-0.1, -0.05) is 0 Å². The summed E-state index contributed by atoms with van der Waals surface area (Å²) in [7, 11) is 0. The average molecular weight is 342 g/mol. The third-order valence-corrected chi connectivity index (χ3v) is 3.71. The number of hydrogen-bond donors (Lipinski definition) is 1. The van der Waals surface area contributed by atoms with Crippen LogP contribution in [0.25, 0.3) is 0 Å². The molecule has 1 aromatic heterocycles. The van der Waals surface area contributed by atoms with Crippen LogP contribution in [0.1, 0.15) is 36.2 Å². The van der Waals surface area contributed by atoms with Crippen LogP contribution in [0.2, 0.25) is 0 Å². The molecule has 6 heteroatoms. The van der Waals surface area contributed by atoms with Gasteiger partial charge < -0.3 is 14.7 Å². The zero-order chi connectivity index (χ0) is 18.2. The predicted molar refractivity (Wildman–Crippen MR) is 93.4 cm³/mol. The van der Waals surface area contributed by atoms with E-state index in [1.807, 2.05) is 26.0 Å². The van der Waals surface area contributed by atoms with E-state index in [1.54, 1.807) is 41.6 Å². The smallest absolute Gasteiger partial charge is 0.305 e. The molecule has 2 aromatic rings. The van der Waals surface area contributed by atoms with Gasteiger partial charge in [0.25, 0.3) is 5.91 Å². The van der Waals surface area contributed by atoms with E-state index in [4.69, 9.17) is 9.84 Å². The molecular weight excluding hydrogens is 320 g/mol. The lowest BCUT2D eigenvalue weighted by Gasteiger charge is -2.26. The maximum atomic E-state index is 12.6. The number of benzene rings is 1. The zero-order valence-corrected chi connectivity index (χ0v) is 14.4. The molecule has 0 radical (unpaired) electrons. The van der Waals surface area contributed by atoms with Crippen LogP contribution in [-0.2, 0) is 11.4 Å². The van der Waals surface area contributed by atoms with Crippen LogP contribution in [0.3, 0.4) is 0 Å². The summed E-state index contributed by atoms with van der Waals surface area (Å²) in [5.41, 5.74) is 1.52. The average Bonchev–Trinajstić information content (AvgIpc) is 2.60. The number of rotatable bonds is 8. The summed E-state index contributed by atoms with van der Waals surface area (Å²) in [6.45, 7) is 4.34. The molecule has 1 N–H and O–H groups in total.